The van der Waals surface area contributed by atoms with E-state index in [9.17, 15) is 0 Å². The lowest BCUT2D eigenvalue weighted by atomic mass is 9.97. The summed E-state index contributed by atoms with van der Waals surface area (Å²) in [5.74, 6) is 1.82. The molecule has 0 unspecified atom stereocenters. The lowest BCUT2D eigenvalue weighted by Gasteiger charge is -2.41. The highest BCUT2D eigenvalue weighted by atomic mass is 19.1. The van der Waals surface area contributed by atoms with E-state index in [0.717, 1.165) is 43.8 Å². The predicted octanol–water partition coefficient (Wildman–Crippen LogP) is 4.20. The number of piperidine rings is 2. The molecule has 4 heterocycles. The molecular formula is C27H30FN7O. The Kier molecular flexibility index (Phi) is 6.25. The van der Waals surface area contributed by atoms with Gasteiger partial charge < -0.3 is 15.8 Å². The first-order chi connectivity index (χ1) is 17.7. The van der Waals surface area contributed by atoms with Gasteiger partial charge in [0.1, 0.15) is 35.5 Å². The van der Waals surface area contributed by atoms with Gasteiger partial charge in [0.05, 0.1) is 11.4 Å². The van der Waals surface area contributed by atoms with Crippen molar-refractivity contribution in [1.82, 2.24) is 30.0 Å². The molecule has 2 aliphatic heterocycles. The quantitative estimate of drug-likeness (QED) is 0.436. The van der Waals surface area contributed by atoms with Crippen LogP contribution in [0.5, 0.6) is 11.5 Å². The third-order valence-corrected chi connectivity index (χ3v) is 7.30. The number of alkyl halides is 1. The van der Waals surface area contributed by atoms with E-state index in [1.165, 1.54) is 6.33 Å². The summed E-state index contributed by atoms with van der Waals surface area (Å²) in [6, 6.07) is 17.3. The Morgan fingerprint density at radius 1 is 0.944 bits per heavy atom. The van der Waals surface area contributed by atoms with Gasteiger partial charge in [-0.05, 0) is 68.8 Å². The van der Waals surface area contributed by atoms with Crippen LogP contribution in [-0.2, 0) is 0 Å². The SMILES string of the molecule is Nc1ncnc2c1c(-c1ccc(Oc3ccccc3)cc1)nn2[C@H]1CCN(C2CCNCC2)C[C@H]1F. The van der Waals surface area contributed by atoms with E-state index in [1.54, 1.807) is 4.68 Å². The molecule has 2 aromatic carbocycles. The maximum Gasteiger partial charge on any atom is 0.164 e. The zero-order valence-corrected chi connectivity index (χ0v) is 20.1. The number of nitrogens with zero attached hydrogens (tertiary/aromatic N) is 5. The van der Waals surface area contributed by atoms with Crippen LogP contribution in [0.4, 0.5) is 10.2 Å². The van der Waals surface area contributed by atoms with Gasteiger partial charge in [-0.1, -0.05) is 18.2 Å². The topological polar surface area (TPSA) is 94.1 Å². The molecule has 2 aliphatic rings. The number of hydrogen-bond donors (Lipinski definition) is 2. The van der Waals surface area contributed by atoms with Crippen molar-refractivity contribution >= 4 is 16.9 Å². The molecule has 2 fully saturated rings. The molecule has 9 heteroatoms. The van der Waals surface area contributed by atoms with Crippen LogP contribution in [-0.4, -0.2) is 63.0 Å². The monoisotopic (exact) mass is 487 g/mol. The first-order valence-electron chi connectivity index (χ1n) is 12.6. The van der Waals surface area contributed by atoms with E-state index >= 15 is 4.39 Å². The number of likely N-dealkylation sites (tertiary alicyclic amines) is 1. The lowest BCUT2D eigenvalue weighted by molar-refractivity contribution is 0.0472. The highest BCUT2D eigenvalue weighted by Crippen LogP contribution is 2.36. The number of aromatic nitrogens is 4. The molecule has 8 nitrogen and oxygen atoms in total. The average Bonchev–Trinajstić information content (AvgIpc) is 3.31. The minimum absolute atomic E-state index is 0.341. The van der Waals surface area contributed by atoms with E-state index in [2.05, 4.69) is 20.2 Å². The molecule has 6 rings (SSSR count). The summed E-state index contributed by atoms with van der Waals surface area (Å²) < 4.78 is 23.3. The number of hydrogen-bond acceptors (Lipinski definition) is 7. The lowest BCUT2D eigenvalue weighted by Crippen LogP contribution is -2.50. The average molecular weight is 488 g/mol. The fourth-order valence-corrected chi connectivity index (χ4v) is 5.43. The standard InChI is InChI=1S/C27H30FN7O/c28-22-16-34(19-10-13-30-14-11-19)15-12-23(22)35-27-24(26(29)31-17-32-27)25(33-35)18-6-8-21(9-7-18)36-20-4-2-1-3-5-20/h1-9,17,19,22-23,30H,10-16H2,(H2,29,31,32)/t22-,23+/m1/s1. The van der Waals surface area contributed by atoms with Gasteiger partial charge in [-0.2, -0.15) is 5.10 Å². The molecule has 0 amide bonds. The van der Waals surface area contributed by atoms with Gasteiger partial charge in [0.25, 0.3) is 0 Å². The largest absolute Gasteiger partial charge is 0.457 e. The van der Waals surface area contributed by atoms with Gasteiger partial charge in [-0.15, -0.1) is 0 Å². The minimum atomic E-state index is -1.04. The Hall–Kier alpha value is -3.56. The smallest absolute Gasteiger partial charge is 0.164 e. The van der Waals surface area contributed by atoms with Gasteiger partial charge in [-0.25, -0.2) is 19.0 Å². The molecule has 36 heavy (non-hydrogen) atoms. The van der Waals surface area contributed by atoms with Gasteiger partial charge in [0, 0.05) is 24.7 Å². The van der Waals surface area contributed by atoms with Gasteiger partial charge in [-0.3, -0.25) is 4.90 Å². The molecule has 3 N–H and O–H groups in total. The highest BCUT2D eigenvalue weighted by Gasteiger charge is 2.36. The maximum absolute atomic E-state index is 15.6. The summed E-state index contributed by atoms with van der Waals surface area (Å²) >= 11 is 0. The van der Waals surface area contributed by atoms with Gasteiger partial charge in [0.2, 0.25) is 0 Å². The van der Waals surface area contributed by atoms with E-state index in [-0.39, 0.29) is 0 Å². The summed E-state index contributed by atoms with van der Waals surface area (Å²) in [5, 5.41) is 8.92. The predicted molar refractivity (Wildman–Crippen MR) is 138 cm³/mol. The van der Waals surface area contributed by atoms with Crippen LogP contribution in [0.1, 0.15) is 25.3 Å². The van der Waals surface area contributed by atoms with Crippen molar-refractivity contribution in [2.75, 3.05) is 31.9 Å². The highest BCUT2D eigenvalue weighted by molar-refractivity contribution is 5.98. The first kappa shape index (κ1) is 22.9. The number of halogens is 1. The zero-order valence-electron chi connectivity index (χ0n) is 20.1. The van der Waals surface area contributed by atoms with Crippen molar-refractivity contribution in [3.8, 4) is 22.8 Å². The Bertz CT molecular complexity index is 1320. The Labute approximate surface area is 209 Å². The van der Waals surface area contributed by atoms with E-state index < -0.39 is 12.2 Å². The first-order valence-corrected chi connectivity index (χ1v) is 12.6. The summed E-state index contributed by atoms with van der Waals surface area (Å²) in [6.07, 6.45) is 3.20. The number of ether oxygens (including phenoxy) is 1. The number of nitrogen functional groups attached to an aromatic ring is 1. The normalized spacial score (nSPS) is 21.6. The second-order valence-corrected chi connectivity index (χ2v) is 9.54. The molecule has 186 valence electrons. The number of nitrogens with two attached hydrogens (primary N) is 1. The number of nitrogens with one attached hydrogen (secondary N) is 1. The van der Waals surface area contributed by atoms with Crippen LogP contribution in [0.2, 0.25) is 0 Å². The second-order valence-electron chi connectivity index (χ2n) is 9.54. The number of anilines is 1. The Morgan fingerprint density at radius 2 is 1.69 bits per heavy atom. The van der Waals surface area contributed by atoms with Crippen molar-refractivity contribution in [2.45, 2.75) is 37.5 Å². The fourth-order valence-electron chi connectivity index (χ4n) is 5.43. The van der Waals surface area contributed by atoms with Crippen LogP contribution < -0.4 is 15.8 Å². The molecule has 2 saturated heterocycles. The molecule has 2 aromatic heterocycles. The number of rotatable bonds is 5. The molecule has 0 saturated carbocycles. The van der Waals surface area contributed by atoms with Crippen LogP contribution in [0.25, 0.3) is 22.3 Å². The third kappa shape index (κ3) is 4.40. The molecule has 2 atom stereocenters. The molecule has 0 radical (unpaired) electrons. The summed E-state index contributed by atoms with van der Waals surface area (Å²) in [7, 11) is 0. The Morgan fingerprint density at radius 3 is 2.44 bits per heavy atom. The molecule has 0 bridgehead atoms. The van der Waals surface area contributed by atoms with E-state index in [4.69, 9.17) is 15.6 Å². The number of para-hydroxylation sites is 1. The molecular weight excluding hydrogens is 457 g/mol. The molecule has 0 spiro atoms. The van der Waals surface area contributed by atoms with Crippen molar-refractivity contribution in [1.29, 1.82) is 0 Å². The van der Waals surface area contributed by atoms with Crippen LogP contribution in [0.15, 0.2) is 60.9 Å². The number of fused-ring (bicyclic) bond motifs is 1. The fraction of sp³-hybridized carbons (Fsp3) is 0.370. The van der Waals surface area contributed by atoms with Crippen molar-refractivity contribution in [2.24, 2.45) is 0 Å². The van der Waals surface area contributed by atoms with Crippen LogP contribution in [0.3, 0.4) is 0 Å². The second kappa shape index (κ2) is 9.83. The summed E-state index contributed by atoms with van der Waals surface area (Å²) in [5.41, 5.74) is 8.37. The molecule has 0 aliphatic carbocycles. The zero-order chi connectivity index (χ0) is 24.5. The van der Waals surface area contributed by atoms with Crippen LogP contribution >= 0.6 is 0 Å². The Balaban J connectivity index is 1.29. The van der Waals surface area contributed by atoms with Crippen molar-refractivity contribution in [3.63, 3.8) is 0 Å². The van der Waals surface area contributed by atoms with Gasteiger partial charge in [0.15, 0.2) is 5.65 Å². The van der Waals surface area contributed by atoms with E-state index in [1.807, 2.05) is 54.6 Å². The third-order valence-electron chi connectivity index (χ3n) is 7.30. The summed E-state index contributed by atoms with van der Waals surface area (Å²) in [4.78, 5) is 11.0. The van der Waals surface area contributed by atoms with Gasteiger partial charge >= 0.3 is 0 Å². The minimum Gasteiger partial charge on any atom is -0.457 e. The van der Waals surface area contributed by atoms with Crippen LogP contribution in [0, 0.1) is 0 Å². The number of benzene rings is 2. The maximum atomic E-state index is 15.6. The van der Waals surface area contributed by atoms with Crippen molar-refractivity contribution in [3.05, 3.63) is 60.9 Å². The van der Waals surface area contributed by atoms with E-state index in [0.29, 0.717) is 47.3 Å². The summed E-state index contributed by atoms with van der Waals surface area (Å²) in [6.45, 7) is 3.26. The van der Waals surface area contributed by atoms with Crippen molar-refractivity contribution < 1.29 is 9.13 Å². The molecule has 4 aromatic rings.